The van der Waals surface area contributed by atoms with Crippen molar-refractivity contribution in [2.45, 2.75) is 68.9 Å². The van der Waals surface area contributed by atoms with Crippen LogP contribution in [0.4, 0.5) is 0 Å². The molecular weight excluding hydrogens is 428 g/mol. The zero-order chi connectivity index (χ0) is 23.7. The zero-order valence-corrected chi connectivity index (χ0v) is 21.6. The first-order valence-electron chi connectivity index (χ1n) is 10.6. The van der Waals surface area contributed by atoms with E-state index in [9.17, 15) is 4.79 Å². The van der Waals surface area contributed by atoms with Gasteiger partial charge in [0.1, 0.15) is 23.2 Å². The van der Waals surface area contributed by atoms with Gasteiger partial charge in [0.25, 0.3) is 0 Å². The van der Waals surface area contributed by atoms with Crippen LogP contribution in [-0.4, -0.2) is 26.3 Å². The average molecular weight is 461 g/mol. The first kappa shape index (κ1) is 26.7. The number of benzene rings is 1. The number of Topliss-reactive ketones (excluding diaryl/α,β-unsaturated/α-hetero) is 1. The number of halogens is 1. The molecule has 0 aliphatic carbocycles. The summed E-state index contributed by atoms with van der Waals surface area (Å²) in [7, 11) is 0. The number of carbonyl (C=O) groups is 1. The maximum Gasteiger partial charge on any atom is 0.160 e. The number of thiophene rings is 1. The molecule has 4 rings (SSSR count). The number of rotatable bonds is 1. The summed E-state index contributed by atoms with van der Waals surface area (Å²) in [6, 6.07) is 7.86. The molecule has 2 aromatic heterocycles. The van der Waals surface area contributed by atoms with Gasteiger partial charge in [0, 0.05) is 21.0 Å². The lowest BCUT2D eigenvalue weighted by atomic mass is 10.00. The van der Waals surface area contributed by atoms with Gasteiger partial charge in [-0.1, -0.05) is 51.4 Å². The minimum absolute atomic E-state index is 0.167. The predicted molar refractivity (Wildman–Crippen MR) is 133 cm³/mol. The summed E-state index contributed by atoms with van der Waals surface area (Å²) < 4.78 is 2.13. The summed E-state index contributed by atoms with van der Waals surface area (Å²) in [5.74, 6) is 1.95. The van der Waals surface area contributed by atoms with Crippen molar-refractivity contribution in [1.29, 1.82) is 0 Å². The number of carbonyl (C=O) groups excluding carboxylic acids is 1. The molecule has 3 heterocycles. The van der Waals surface area contributed by atoms with Crippen LogP contribution in [0, 0.1) is 20.8 Å². The second-order valence-electron chi connectivity index (χ2n) is 6.54. The molecule has 1 aliphatic heterocycles. The van der Waals surface area contributed by atoms with Crippen molar-refractivity contribution in [3.05, 3.63) is 62.5 Å². The van der Waals surface area contributed by atoms with Crippen LogP contribution in [0.1, 0.15) is 74.8 Å². The fourth-order valence-electron chi connectivity index (χ4n) is 2.89. The van der Waals surface area contributed by atoms with Gasteiger partial charge in [-0.2, -0.15) is 0 Å². The van der Waals surface area contributed by atoms with E-state index in [2.05, 4.69) is 28.6 Å². The van der Waals surface area contributed by atoms with E-state index in [1.807, 2.05) is 58.9 Å². The monoisotopic (exact) mass is 460 g/mol. The number of aliphatic imine (C=N–C) groups is 1. The Morgan fingerprint density at radius 1 is 1.00 bits per heavy atom. The van der Waals surface area contributed by atoms with E-state index in [0.717, 1.165) is 32.9 Å². The molecule has 0 unspecified atom stereocenters. The number of ketones is 1. The standard InChI is InChI=1S/C17H15ClN4S.C3H6O.2C2H6/c1-9-10(2)23-17-15(9)16(12-4-6-13(18)7-5-12)19-8-14-21-20-11(3)22(14)17;1-3(2)4;2*1-2/h4-7H,8H2,1-3H3;1-2H3;2*1-2H3. The quantitative estimate of drug-likeness (QED) is 0.396. The SMILES string of the molecule is CC.CC.CC(C)=O.Cc1sc2c(c1C)C(c1ccc(Cl)cc1)=NCc1nnc(C)n1-2. The lowest BCUT2D eigenvalue weighted by Crippen LogP contribution is -2.07. The largest absolute Gasteiger partial charge is 0.300 e. The first-order valence-corrected chi connectivity index (χ1v) is 11.8. The molecule has 0 saturated carbocycles. The van der Waals surface area contributed by atoms with Crippen molar-refractivity contribution < 1.29 is 4.79 Å². The van der Waals surface area contributed by atoms with Crippen LogP contribution in [0.3, 0.4) is 0 Å². The van der Waals surface area contributed by atoms with Gasteiger partial charge in [-0.15, -0.1) is 21.5 Å². The van der Waals surface area contributed by atoms with Gasteiger partial charge in [0.05, 0.1) is 5.71 Å². The fourth-order valence-corrected chi connectivity index (χ4v) is 4.24. The van der Waals surface area contributed by atoms with Gasteiger partial charge in [-0.05, 0) is 52.3 Å². The van der Waals surface area contributed by atoms with E-state index < -0.39 is 0 Å². The van der Waals surface area contributed by atoms with E-state index >= 15 is 0 Å². The highest BCUT2D eigenvalue weighted by atomic mass is 35.5. The van der Waals surface area contributed by atoms with Gasteiger partial charge in [0.15, 0.2) is 5.82 Å². The highest BCUT2D eigenvalue weighted by Crippen LogP contribution is 2.36. The Kier molecular flexibility index (Phi) is 10.8. The van der Waals surface area contributed by atoms with E-state index in [0.29, 0.717) is 6.54 Å². The third kappa shape index (κ3) is 6.34. The number of aromatic nitrogens is 3. The maximum atomic E-state index is 9.44. The van der Waals surface area contributed by atoms with Gasteiger partial charge in [0.2, 0.25) is 0 Å². The Balaban J connectivity index is 0.000000532. The molecular formula is C24H33ClN4OS. The molecule has 1 aromatic carbocycles. The Labute approximate surface area is 195 Å². The van der Waals surface area contributed by atoms with Crippen LogP contribution < -0.4 is 0 Å². The van der Waals surface area contributed by atoms with E-state index in [1.54, 1.807) is 11.3 Å². The van der Waals surface area contributed by atoms with Crippen LogP contribution in [0.2, 0.25) is 5.02 Å². The smallest absolute Gasteiger partial charge is 0.160 e. The number of nitrogens with zero attached hydrogens (tertiary/aromatic N) is 4. The average Bonchev–Trinajstić information content (AvgIpc) is 3.19. The maximum absolute atomic E-state index is 9.44. The molecule has 0 spiro atoms. The van der Waals surface area contributed by atoms with Crippen LogP contribution in [0.15, 0.2) is 29.3 Å². The lowest BCUT2D eigenvalue weighted by molar-refractivity contribution is -0.114. The zero-order valence-electron chi connectivity index (χ0n) is 20.0. The van der Waals surface area contributed by atoms with Crippen LogP contribution >= 0.6 is 22.9 Å². The van der Waals surface area contributed by atoms with Crippen LogP contribution in [-0.2, 0) is 11.3 Å². The summed E-state index contributed by atoms with van der Waals surface area (Å²) in [5.41, 5.74) is 4.52. The molecule has 31 heavy (non-hydrogen) atoms. The minimum Gasteiger partial charge on any atom is -0.300 e. The Morgan fingerprint density at radius 3 is 2.10 bits per heavy atom. The third-order valence-corrected chi connectivity index (χ3v) is 5.64. The van der Waals surface area contributed by atoms with Gasteiger partial charge >= 0.3 is 0 Å². The normalized spacial score (nSPS) is 11.1. The first-order chi connectivity index (χ1) is 14.8. The van der Waals surface area contributed by atoms with Crippen LogP contribution in [0.5, 0.6) is 0 Å². The van der Waals surface area contributed by atoms with E-state index in [1.165, 1.54) is 29.9 Å². The Morgan fingerprint density at radius 2 is 1.55 bits per heavy atom. The van der Waals surface area contributed by atoms with Crippen LogP contribution in [0.25, 0.3) is 5.00 Å². The highest BCUT2D eigenvalue weighted by Gasteiger charge is 2.26. The Hall–Kier alpha value is -2.31. The molecule has 7 heteroatoms. The molecule has 0 amide bonds. The van der Waals surface area contributed by atoms with Gasteiger partial charge in [-0.3, -0.25) is 9.56 Å². The summed E-state index contributed by atoms with van der Waals surface area (Å²) in [5, 5.41) is 10.4. The second-order valence-corrected chi connectivity index (χ2v) is 8.18. The summed E-state index contributed by atoms with van der Waals surface area (Å²) in [4.78, 5) is 15.6. The molecule has 0 N–H and O–H groups in total. The molecule has 3 aromatic rings. The summed E-state index contributed by atoms with van der Waals surface area (Å²) in [6.07, 6.45) is 0. The summed E-state index contributed by atoms with van der Waals surface area (Å²) >= 11 is 7.80. The van der Waals surface area contributed by atoms with Crippen molar-refractivity contribution in [2.24, 2.45) is 4.99 Å². The van der Waals surface area contributed by atoms with Gasteiger partial charge < -0.3 is 4.79 Å². The molecule has 0 radical (unpaired) electrons. The number of hydrogen-bond acceptors (Lipinski definition) is 5. The predicted octanol–water partition coefficient (Wildman–Crippen LogP) is 6.91. The van der Waals surface area contributed by atoms with Gasteiger partial charge in [-0.25, -0.2) is 0 Å². The minimum atomic E-state index is 0.167. The van der Waals surface area contributed by atoms with Crippen molar-refractivity contribution in [3.8, 4) is 5.00 Å². The van der Waals surface area contributed by atoms with Crippen molar-refractivity contribution in [2.75, 3.05) is 0 Å². The second kappa shape index (κ2) is 12.5. The molecule has 0 fully saturated rings. The number of fused-ring (bicyclic) bond motifs is 3. The number of hydrogen-bond donors (Lipinski definition) is 0. The fraction of sp³-hybridized carbons (Fsp3) is 0.417. The Bertz CT molecular complexity index is 1030. The van der Waals surface area contributed by atoms with E-state index in [4.69, 9.17) is 16.6 Å². The van der Waals surface area contributed by atoms with Crippen molar-refractivity contribution in [1.82, 2.24) is 14.8 Å². The molecule has 0 saturated heterocycles. The molecule has 168 valence electrons. The van der Waals surface area contributed by atoms with Crippen molar-refractivity contribution in [3.63, 3.8) is 0 Å². The molecule has 1 aliphatic rings. The van der Waals surface area contributed by atoms with Crippen molar-refractivity contribution >= 4 is 34.4 Å². The molecule has 0 bridgehead atoms. The topological polar surface area (TPSA) is 60.1 Å². The molecule has 5 nitrogen and oxygen atoms in total. The third-order valence-electron chi connectivity index (χ3n) is 4.19. The lowest BCUT2D eigenvalue weighted by Gasteiger charge is -2.09. The number of aryl methyl sites for hydroxylation is 2. The van der Waals surface area contributed by atoms with E-state index in [-0.39, 0.29) is 5.78 Å². The highest BCUT2D eigenvalue weighted by molar-refractivity contribution is 7.15. The molecule has 0 atom stereocenters. The summed E-state index contributed by atoms with van der Waals surface area (Å²) in [6.45, 7) is 17.9.